The summed E-state index contributed by atoms with van der Waals surface area (Å²) in [6.07, 6.45) is 0. The molecule has 12 aromatic rings. The molecule has 0 spiro atoms. The van der Waals surface area contributed by atoms with Crippen LogP contribution in [0.5, 0.6) is 0 Å². The molecule has 0 amide bonds. The number of aromatic nitrogens is 5. The maximum Gasteiger partial charge on any atom is 0.238 e. The van der Waals surface area contributed by atoms with E-state index in [0.29, 0.717) is 29.2 Å². The van der Waals surface area contributed by atoms with Crippen molar-refractivity contribution in [3.8, 4) is 45.5 Å². The van der Waals surface area contributed by atoms with E-state index < -0.39 is 0 Å². The lowest BCUT2D eigenvalue weighted by Crippen LogP contribution is -2.08. The Kier molecular flexibility index (Phi) is 5.49. The smallest absolute Gasteiger partial charge is 0.238 e. The fraction of sp³-hybridized carbons (Fsp3) is 0. The van der Waals surface area contributed by atoms with Gasteiger partial charge in [0.1, 0.15) is 0 Å². The van der Waals surface area contributed by atoms with Crippen molar-refractivity contribution < 1.29 is 11.0 Å². The number of rotatable bonds is 5. The van der Waals surface area contributed by atoms with Gasteiger partial charge in [-0.15, -0.1) is 11.3 Å². The van der Waals surface area contributed by atoms with Gasteiger partial charge in [-0.3, -0.25) is 4.57 Å². The molecule has 6 heteroatoms. The van der Waals surface area contributed by atoms with Crippen molar-refractivity contribution >= 4 is 75.1 Å². The van der Waals surface area contributed by atoms with Crippen molar-refractivity contribution in [1.82, 2.24) is 24.1 Å². The Balaban J connectivity index is 1.24. The highest BCUT2D eigenvalue weighted by molar-refractivity contribution is 7.26. The highest BCUT2D eigenvalue weighted by Gasteiger charge is 2.22. The summed E-state index contributed by atoms with van der Waals surface area (Å²) in [5.74, 6) is 0.885. The summed E-state index contributed by atoms with van der Waals surface area (Å²) in [6.45, 7) is 0. The maximum atomic E-state index is 9.31. The predicted octanol–water partition coefficient (Wildman–Crippen LogP) is 13.4. The summed E-state index contributed by atoms with van der Waals surface area (Å²) >= 11 is 1.70. The van der Waals surface area contributed by atoms with Gasteiger partial charge in [0.15, 0.2) is 11.6 Å². The topological polar surface area (TPSA) is 48.5 Å². The van der Waals surface area contributed by atoms with Crippen LogP contribution in [0.1, 0.15) is 11.0 Å². The van der Waals surface area contributed by atoms with Gasteiger partial charge in [-0.1, -0.05) is 145 Å². The maximum absolute atomic E-state index is 9.31. The zero-order valence-corrected chi connectivity index (χ0v) is 30.7. The molecular weight excluding hydrogens is 715 g/mol. The standard InChI is InChI=1S/C51H31N5S/c1-2-15-32(16-3-1)49-52-50(54-51(53-49)56-44-26-11-6-19-37(44)38-20-7-12-27-45(38)56)41-31-33(34-22-14-23-40-39-21-8-13-28-47(39)57-48(34)40)29-30-46(41)55-42-24-9-4-17-35(42)36-18-5-10-25-43(36)55/h1-31H/i4D,5D,6D,7D,17D,18D,24D,25D. The Bertz CT molecular complexity index is 3880. The van der Waals surface area contributed by atoms with Crippen LogP contribution < -0.4 is 0 Å². The Hall–Kier alpha value is -7.41. The number of fused-ring (bicyclic) bond motifs is 9. The van der Waals surface area contributed by atoms with Crippen LogP contribution in [0.25, 0.3) is 109 Å². The zero-order valence-electron chi connectivity index (χ0n) is 37.9. The van der Waals surface area contributed by atoms with Crippen LogP contribution in [0, 0.1) is 0 Å². The van der Waals surface area contributed by atoms with Crippen LogP contribution in [-0.2, 0) is 0 Å². The molecule has 0 unspecified atom stereocenters. The van der Waals surface area contributed by atoms with Crippen LogP contribution in [-0.4, -0.2) is 24.1 Å². The SMILES string of the molecule is [2H]c1ccc2c(c1)c1cc([2H])ccc1n2-c1nc(-c2ccccc2)nc(-c2cc(-c3cccc4c3sc3ccccc34)ccc2-n2c3c([2H])cc([2H])c([2H])c3c3c([2H])c([2H])cc([2H])c32)n1. The minimum Gasteiger partial charge on any atom is -0.309 e. The summed E-state index contributed by atoms with van der Waals surface area (Å²) < 4.78 is 76.9. The van der Waals surface area contributed by atoms with Gasteiger partial charge in [-0.25, -0.2) is 4.98 Å². The normalized spacial score (nSPS) is 13.8. The highest BCUT2D eigenvalue weighted by atomic mass is 32.1. The third kappa shape index (κ3) is 4.91. The minimum atomic E-state index is -0.209. The van der Waals surface area contributed by atoms with Gasteiger partial charge >= 0.3 is 0 Å². The van der Waals surface area contributed by atoms with E-state index in [1.54, 1.807) is 40.2 Å². The zero-order chi connectivity index (χ0) is 44.4. The number of hydrogen-bond donors (Lipinski definition) is 0. The van der Waals surface area contributed by atoms with Crippen molar-refractivity contribution in [3.63, 3.8) is 0 Å². The second-order valence-electron chi connectivity index (χ2n) is 13.8. The molecule has 0 radical (unpaired) electrons. The Labute approximate surface area is 342 Å². The third-order valence-corrected chi connectivity index (χ3v) is 11.9. The van der Waals surface area contributed by atoms with Crippen molar-refractivity contribution in [2.75, 3.05) is 0 Å². The molecule has 0 N–H and O–H groups in total. The first-order valence-electron chi connectivity index (χ1n) is 22.4. The van der Waals surface area contributed by atoms with E-state index in [1.807, 2.05) is 83.4 Å². The Morgan fingerprint density at radius 1 is 0.421 bits per heavy atom. The molecule has 266 valence electrons. The van der Waals surface area contributed by atoms with Gasteiger partial charge in [0.25, 0.3) is 0 Å². The van der Waals surface area contributed by atoms with E-state index in [9.17, 15) is 2.74 Å². The summed E-state index contributed by atoms with van der Waals surface area (Å²) in [6, 6.07) is 42.9. The predicted molar refractivity (Wildman–Crippen MR) is 238 cm³/mol. The van der Waals surface area contributed by atoms with Crippen molar-refractivity contribution in [1.29, 1.82) is 0 Å². The molecular formula is C51H31N5S. The van der Waals surface area contributed by atoms with Crippen molar-refractivity contribution in [3.05, 3.63) is 188 Å². The largest absolute Gasteiger partial charge is 0.309 e. The molecule has 0 aliphatic rings. The highest BCUT2D eigenvalue weighted by Crippen LogP contribution is 2.43. The molecule has 0 fully saturated rings. The molecule has 0 aliphatic heterocycles. The number of nitrogens with zero attached hydrogens (tertiary/aromatic N) is 5. The molecule has 5 nitrogen and oxygen atoms in total. The average molecular weight is 754 g/mol. The molecule has 0 saturated carbocycles. The second kappa shape index (κ2) is 12.6. The lowest BCUT2D eigenvalue weighted by Gasteiger charge is -2.17. The quantitative estimate of drug-likeness (QED) is 0.176. The molecule has 4 aromatic heterocycles. The first-order valence-corrected chi connectivity index (χ1v) is 19.3. The summed E-state index contributed by atoms with van der Waals surface area (Å²) in [7, 11) is 0. The van der Waals surface area contributed by atoms with E-state index in [4.69, 9.17) is 23.2 Å². The average Bonchev–Trinajstić information content (AvgIpc) is 3.99. The molecule has 8 aromatic carbocycles. The van der Waals surface area contributed by atoms with Gasteiger partial charge in [0.2, 0.25) is 5.95 Å². The fourth-order valence-corrected chi connectivity index (χ4v) is 9.36. The number of para-hydroxylation sites is 4. The van der Waals surface area contributed by atoms with E-state index >= 15 is 0 Å². The van der Waals surface area contributed by atoms with Crippen LogP contribution in [0.3, 0.4) is 0 Å². The molecule has 12 rings (SSSR count). The Morgan fingerprint density at radius 3 is 1.86 bits per heavy atom. The van der Waals surface area contributed by atoms with Crippen molar-refractivity contribution in [2.45, 2.75) is 0 Å². The molecule has 0 atom stereocenters. The lowest BCUT2D eigenvalue weighted by atomic mass is 9.99. The lowest BCUT2D eigenvalue weighted by molar-refractivity contribution is 0.952. The summed E-state index contributed by atoms with van der Waals surface area (Å²) in [5, 5.41) is 4.08. The van der Waals surface area contributed by atoms with E-state index in [2.05, 4.69) is 24.3 Å². The molecule has 0 saturated heterocycles. The van der Waals surface area contributed by atoms with Crippen molar-refractivity contribution in [2.24, 2.45) is 0 Å². The summed E-state index contributed by atoms with van der Waals surface area (Å²) in [5.41, 5.74) is 5.35. The van der Waals surface area contributed by atoms with Crippen LogP contribution in [0.4, 0.5) is 0 Å². The molecule has 4 heterocycles. The molecule has 57 heavy (non-hydrogen) atoms. The van der Waals surface area contributed by atoms with E-state index in [0.717, 1.165) is 58.7 Å². The first kappa shape index (κ1) is 24.9. The molecule has 0 bridgehead atoms. The van der Waals surface area contributed by atoms with Gasteiger partial charge in [-0.05, 0) is 53.5 Å². The first-order chi connectivity index (χ1) is 31.5. The number of thiophene rings is 1. The van der Waals surface area contributed by atoms with Crippen LogP contribution in [0.2, 0.25) is 0 Å². The molecule has 0 aliphatic carbocycles. The number of hydrogen-bond acceptors (Lipinski definition) is 4. The van der Waals surface area contributed by atoms with E-state index in [1.165, 1.54) is 12.1 Å². The minimum absolute atomic E-state index is 0.0817. The van der Waals surface area contributed by atoms with Crippen LogP contribution >= 0.6 is 11.3 Å². The van der Waals surface area contributed by atoms with Gasteiger partial charge < -0.3 is 4.57 Å². The van der Waals surface area contributed by atoms with E-state index in [-0.39, 0.29) is 69.8 Å². The van der Waals surface area contributed by atoms with Gasteiger partial charge in [0, 0.05) is 52.8 Å². The summed E-state index contributed by atoms with van der Waals surface area (Å²) in [4.78, 5) is 15.6. The second-order valence-corrected chi connectivity index (χ2v) is 14.8. The van der Waals surface area contributed by atoms with Crippen LogP contribution in [0.15, 0.2) is 188 Å². The number of benzene rings is 8. The third-order valence-electron chi connectivity index (χ3n) is 10.6. The monoisotopic (exact) mass is 753 g/mol. The fourth-order valence-electron chi connectivity index (χ4n) is 8.12. The van der Waals surface area contributed by atoms with Gasteiger partial charge in [-0.2, -0.15) is 9.97 Å². The van der Waals surface area contributed by atoms with Gasteiger partial charge in [0.05, 0.1) is 38.7 Å². The Morgan fingerprint density at radius 2 is 1.11 bits per heavy atom.